The van der Waals surface area contributed by atoms with Crippen LogP contribution in [0.25, 0.3) is 11.5 Å². The molecule has 1 amide bonds. The molecule has 3 rings (SSSR count). The first-order valence-electron chi connectivity index (χ1n) is 9.56. The maximum Gasteiger partial charge on any atom is 0.226 e. The minimum Gasteiger partial charge on any atom is -0.444 e. The van der Waals surface area contributed by atoms with E-state index in [2.05, 4.69) is 25.9 Å². The van der Waals surface area contributed by atoms with Crippen LogP contribution in [0.2, 0.25) is 0 Å². The lowest BCUT2D eigenvalue weighted by Gasteiger charge is -2.10. The van der Waals surface area contributed by atoms with Gasteiger partial charge in [0.05, 0.1) is 6.54 Å². The molecule has 1 aliphatic carbocycles. The maximum atomic E-state index is 11.7. The van der Waals surface area contributed by atoms with Crippen molar-refractivity contribution in [1.82, 2.24) is 20.9 Å². The Labute approximate surface area is 159 Å². The normalized spacial score (nSPS) is 14.0. The van der Waals surface area contributed by atoms with E-state index in [9.17, 15) is 4.79 Å². The molecular weight excluding hydrogens is 342 g/mol. The smallest absolute Gasteiger partial charge is 0.226 e. The van der Waals surface area contributed by atoms with Crippen LogP contribution in [0, 0.1) is 0 Å². The summed E-state index contributed by atoms with van der Waals surface area (Å²) in [7, 11) is 0. The summed E-state index contributed by atoms with van der Waals surface area (Å²) < 4.78 is 5.54. The number of amides is 1. The van der Waals surface area contributed by atoms with Crippen LogP contribution in [0.1, 0.15) is 38.3 Å². The average molecular weight is 369 g/mol. The zero-order valence-electron chi connectivity index (χ0n) is 15.7. The fourth-order valence-electron chi connectivity index (χ4n) is 2.58. The molecule has 0 atom stereocenters. The van der Waals surface area contributed by atoms with Gasteiger partial charge in [0.1, 0.15) is 12.0 Å². The van der Waals surface area contributed by atoms with E-state index < -0.39 is 0 Å². The minimum absolute atomic E-state index is 0.136. The summed E-state index contributed by atoms with van der Waals surface area (Å²) in [6.07, 6.45) is 5.18. The van der Waals surface area contributed by atoms with Crippen LogP contribution in [0.15, 0.2) is 46.0 Å². The second-order valence-corrected chi connectivity index (χ2v) is 6.58. The van der Waals surface area contributed by atoms with Gasteiger partial charge in [0.15, 0.2) is 5.96 Å². The van der Waals surface area contributed by atoms with Crippen molar-refractivity contribution in [2.75, 3.05) is 13.1 Å². The minimum atomic E-state index is 0.136. The largest absolute Gasteiger partial charge is 0.444 e. The van der Waals surface area contributed by atoms with Crippen molar-refractivity contribution in [3.05, 3.63) is 42.3 Å². The van der Waals surface area contributed by atoms with Crippen molar-refractivity contribution in [3.8, 4) is 11.5 Å². The average Bonchev–Trinajstić information content (AvgIpc) is 3.37. The highest BCUT2D eigenvalue weighted by atomic mass is 16.3. The highest BCUT2D eigenvalue weighted by molar-refractivity contribution is 5.80. The van der Waals surface area contributed by atoms with E-state index in [1.807, 2.05) is 37.3 Å². The number of carbonyl (C=O) groups excluding carboxylic acids is 1. The molecule has 1 aromatic carbocycles. The van der Waals surface area contributed by atoms with E-state index >= 15 is 0 Å². The van der Waals surface area contributed by atoms with Gasteiger partial charge in [-0.25, -0.2) is 9.98 Å². The third-order valence-corrected chi connectivity index (χ3v) is 4.13. The number of hydrogen-bond acceptors (Lipinski definition) is 4. The molecule has 1 aliphatic rings. The Kier molecular flexibility index (Phi) is 6.84. The SMILES string of the molecule is CCNC(=NCc1coc(-c2ccccc2)n1)NCCCC(=O)NC1CC1. The number of oxazole rings is 1. The molecule has 0 unspecified atom stereocenters. The monoisotopic (exact) mass is 369 g/mol. The summed E-state index contributed by atoms with van der Waals surface area (Å²) in [5, 5.41) is 9.45. The molecule has 0 saturated heterocycles. The van der Waals surface area contributed by atoms with Crippen LogP contribution in [0.4, 0.5) is 0 Å². The van der Waals surface area contributed by atoms with Crippen molar-refractivity contribution in [1.29, 1.82) is 0 Å². The van der Waals surface area contributed by atoms with Gasteiger partial charge in [-0.3, -0.25) is 4.79 Å². The Hall–Kier alpha value is -2.83. The molecule has 1 heterocycles. The highest BCUT2D eigenvalue weighted by Gasteiger charge is 2.22. The molecule has 7 heteroatoms. The number of benzene rings is 1. The van der Waals surface area contributed by atoms with E-state index in [-0.39, 0.29) is 5.91 Å². The molecule has 3 N–H and O–H groups in total. The molecule has 7 nitrogen and oxygen atoms in total. The number of aliphatic imine (C=N–C) groups is 1. The van der Waals surface area contributed by atoms with Crippen molar-refractivity contribution in [2.45, 2.75) is 45.2 Å². The number of aromatic nitrogens is 1. The summed E-state index contributed by atoms with van der Waals surface area (Å²) in [6, 6.07) is 10.2. The van der Waals surface area contributed by atoms with Crippen LogP contribution in [-0.4, -0.2) is 36.0 Å². The standard InChI is InChI=1S/C20H27N5O2/c1-2-21-20(22-12-6-9-18(26)24-16-10-11-16)23-13-17-14-27-19(25-17)15-7-4-3-5-8-15/h3-5,7-8,14,16H,2,6,9-13H2,1H3,(H,24,26)(H2,21,22,23). The first-order chi connectivity index (χ1) is 13.2. The van der Waals surface area contributed by atoms with Crippen LogP contribution in [0.5, 0.6) is 0 Å². The van der Waals surface area contributed by atoms with Gasteiger partial charge in [-0.05, 0) is 38.3 Å². The van der Waals surface area contributed by atoms with Crippen molar-refractivity contribution in [2.24, 2.45) is 4.99 Å². The van der Waals surface area contributed by atoms with E-state index in [0.29, 0.717) is 37.4 Å². The van der Waals surface area contributed by atoms with Gasteiger partial charge in [0.25, 0.3) is 0 Å². The van der Waals surface area contributed by atoms with Crippen molar-refractivity contribution >= 4 is 11.9 Å². The molecule has 1 aromatic heterocycles. The number of hydrogen-bond donors (Lipinski definition) is 3. The van der Waals surface area contributed by atoms with Gasteiger partial charge in [0.2, 0.25) is 11.8 Å². The van der Waals surface area contributed by atoms with Gasteiger partial charge in [0, 0.05) is 31.1 Å². The van der Waals surface area contributed by atoms with Crippen LogP contribution >= 0.6 is 0 Å². The predicted octanol–water partition coefficient (Wildman–Crippen LogP) is 2.46. The summed E-state index contributed by atoms with van der Waals surface area (Å²) in [6.45, 7) is 3.90. The lowest BCUT2D eigenvalue weighted by atomic mass is 10.2. The first-order valence-corrected chi connectivity index (χ1v) is 9.56. The van der Waals surface area contributed by atoms with Gasteiger partial charge in [-0.15, -0.1) is 0 Å². The Bertz CT molecular complexity index is 753. The molecule has 0 radical (unpaired) electrons. The van der Waals surface area contributed by atoms with Crippen molar-refractivity contribution in [3.63, 3.8) is 0 Å². The van der Waals surface area contributed by atoms with Gasteiger partial charge >= 0.3 is 0 Å². The molecular formula is C20H27N5O2. The Morgan fingerprint density at radius 3 is 2.81 bits per heavy atom. The summed E-state index contributed by atoms with van der Waals surface area (Å²) >= 11 is 0. The van der Waals surface area contributed by atoms with E-state index in [0.717, 1.165) is 37.1 Å². The molecule has 2 aromatic rings. The summed E-state index contributed by atoms with van der Waals surface area (Å²) in [4.78, 5) is 20.7. The number of guanidine groups is 1. The third-order valence-electron chi connectivity index (χ3n) is 4.13. The Morgan fingerprint density at radius 2 is 2.07 bits per heavy atom. The fourth-order valence-corrected chi connectivity index (χ4v) is 2.58. The highest BCUT2D eigenvalue weighted by Crippen LogP contribution is 2.19. The van der Waals surface area contributed by atoms with Gasteiger partial charge in [-0.1, -0.05) is 18.2 Å². The van der Waals surface area contributed by atoms with E-state index in [4.69, 9.17) is 4.42 Å². The zero-order chi connectivity index (χ0) is 18.9. The Morgan fingerprint density at radius 1 is 1.26 bits per heavy atom. The predicted molar refractivity (Wildman–Crippen MR) is 105 cm³/mol. The van der Waals surface area contributed by atoms with E-state index in [1.54, 1.807) is 6.26 Å². The van der Waals surface area contributed by atoms with E-state index in [1.165, 1.54) is 0 Å². The molecule has 1 fully saturated rings. The number of rotatable bonds is 9. The summed E-state index contributed by atoms with van der Waals surface area (Å²) in [5.74, 6) is 1.45. The number of carbonyl (C=O) groups is 1. The molecule has 1 saturated carbocycles. The second kappa shape index (κ2) is 9.75. The molecule has 144 valence electrons. The number of nitrogens with zero attached hydrogens (tertiary/aromatic N) is 2. The quantitative estimate of drug-likeness (QED) is 0.359. The molecule has 0 spiro atoms. The van der Waals surface area contributed by atoms with Gasteiger partial charge < -0.3 is 20.4 Å². The van der Waals surface area contributed by atoms with Crippen LogP contribution in [-0.2, 0) is 11.3 Å². The van der Waals surface area contributed by atoms with Crippen LogP contribution in [0.3, 0.4) is 0 Å². The Balaban J connectivity index is 1.45. The van der Waals surface area contributed by atoms with Gasteiger partial charge in [-0.2, -0.15) is 0 Å². The molecule has 0 bridgehead atoms. The first kappa shape index (κ1) is 18.9. The van der Waals surface area contributed by atoms with Crippen molar-refractivity contribution < 1.29 is 9.21 Å². The zero-order valence-corrected chi connectivity index (χ0v) is 15.7. The number of nitrogens with one attached hydrogen (secondary N) is 3. The molecule has 27 heavy (non-hydrogen) atoms. The third kappa shape index (κ3) is 6.44. The summed E-state index contributed by atoms with van der Waals surface area (Å²) in [5.41, 5.74) is 1.72. The van der Waals surface area contributed by atoms with Crippen LogP contribution < -0.4 is 16.0 Å². The topological polar surface area (TPSA) is 91.6 Å². The molecule has 0 aliphatic heterocycles. The lowest BCUT2D eigenvalue weighted by molar-refractivity contribution is -0.121. The maximum absolute atomic E-state index is 11.7. The fraction of sp³-hybridized carbons (Fsp3) is 0.450. The second-order valence-electron chi connectivity index (χ2n) is 6.58. The lowest BCUT2D eigenvalue weighted by Crippen LogP contribution is -2.38.